The highest BCUT2D eigenvalue weighted by Gasteiger charge is 2.52. The number of hydrogen-bond donors (Lipinski definition) is 2. The second kappa shape index (κ2) is 7.90. The molecule has 0 atom stereocenters. The van der Waals surface area contributed by atoms with Crippen LogP contribution in [0.3, 0.4) is 0 Å². The summed E-state index contributed by atoms with van der Waals surface area (Å²) in [5, 5.41) is 11.8. The first-order valence-electron chi connectivity index (χ1n) is 12.5. The lowest BCUT2D eigenvalue weighted by atomic mass is 9.91. The van der Waals surface area contributed by atoms with Crippen LogP contribution in [-0.2, 0) is 27.4 Å². The number of methoxy groups -OCH3 is 1. The van der Waals surface area contributed by atoms with E-state index in [-0.39, 0.29) is 30.5 Å². The second-order valence-corrected chi connectivity index (χ2v) is 13.4. The fourth-order valence-electron chi connectivity index (χ4n) is 5.71. The Kier molecular flexibility index (Phi) is 5.20. The number of rotatable bonds is 8. The van der Waals surface area contributed by atoms with Crippen molar-refractivity contribution in [1.82, 2.24) is 28.9 Å². The van der Waals surface area contributed by atoms with Crippen LogP contribution in [0.4, 0.5) is 5.82 Å². The summed E-state index contributed by atoms with van der Waals surface area (Å²) in [7, 11) is 0.0379. The summed E-state index contributed by atoms with van der Waals surface area (Å²) in [4.78, 5) is 13.5. The standard InChI is InChI=1S/C24H33N7O4S/c1-13(2)36(33,34)30-11-24(12-30,35-4)18-9-17(28-29(18)3)16-10-31(21(14-5-6-14)15-7-8-15)23(32)19-20(16)26-27-22(19)25/h9-10,13-15,21H,5-8,11-12H2,1-4H3,(H3,25,26,27). The summed E-state index contributed by atoms with van der Waals surface area (Å²) in [5.41, 5.74) is 7.98. The topological polar surface area (TPSA) is 141 Å². The molecule has 0 spiro atoms. The van der Waals surface area contributed by atoms with Crippen molar-refractivity contribution in [1.29, 1.82) is 0 Å². The summed E-state index contributed by atoms with van der Waals surface area (Å²) in [6, 6.07) is 2.09. The maximum atomic E-state index is 13.5. The first-order chi connectivity index (χ1) is 17.1. The first kappa shape index (κ1) is 23.7. The second-order valence-electron chi connectivity index (χ2n) is 10.9. The van der Waals surface area contributed by atoms with Gasteiger partial charge in [0.05, 0.1) is 22.2 Å². The van der Waals surface area contributed by atoms with Gasteiger partial charge in [0.2, 0.25) is 10.0 Å². The van der Waals surface area contributed by atoms with Crippen LogP contribution in [0.15, 0.2) is 17.1 Å². The normalized spacial score (nSPS) is 20.5. The van der Waals surface area contributed by atoms with Crippen LogP contribution in [0.25, 0.3) is 22.2 Å². The number of nitrogen functional groups attached to an aromatic ring is 1. The molecule has 36 heavy (non-hydrogen) atoms. The minimum atomic E-state index is -3.38. The van der Waals surface area contributed by atoms with Gasteiger partial charge in [-0.1, -0.05) is 0 Å². The molecule has 0 radical (unpaired) electrons. The van der Waals surface area contributed by atoms with Gasteiger partial charge >= 0.3 is 0 Å². The van der Waals surface area contributed by atoms with Crippen LogP contribution in [0.5, 0.6) is 0 Å². The molecule has 1 aliphatic heterocycles. The number of aromatic amines is 1. The zero-order valence-corrected chi connectivity index (χ0v) is 21.9. The van der Waals surface area contributed by atoms with E-state index >= 15 is 0 Å². The van der Waals surface area contributed by atoms with Crippen LogP contribution in [0.2, 0.25) is 0 Å². The minimum absolute atomic E-state index is 0.109. The van der Waals surface area contributed by atoms with E-state index in [1.165, 1.54) is 4.31 Å². The van der Waals surface area contributed by atoms with Gasteiger partial charge in [-0.15, -0.1) is 0 Å². The number of nitrogens with one attached hydrogen (secondary N) is 1. The van der Waals surface area contributed by atoms with Crippen LogP contribution in [0, 0.1) is 11.8 Å². The Morgan fingerprint density at radius 3 is 2.39 bits per heavy atom. The highest BCUT2D eigenvalue weighted by atomic mass is 32.2. The third-order valence-electron chi connectivity index (χ3n) is 8.14. The highest BCUT2D eigenvalue weighted by molar-refractivity contribution is 7.89. The van der Waals surface area contributed by atoms with Crippen LogP contribution >= 0.6 is 0 Å². The van der Waals surface area contributed by atoms with E-state index < -0.39 is 20.9 Å². The molecule has 0 aromatic carbocycles. The number of pyridine rings is 1. The Labute approximate surface area is 209 Å². The van der Waals surface area contributed by atoms with Crippen molar-refractivity contribution in [3.05, 3.63) is 28.3 Å². The molecule has 6 rings (SSSR count). The molecule has 3 aromatic heterocycles. The summed E-state index contributed by atoms with van der Waals surface area (Å²) < 4.78 is 36.3. The number of nitrogens with two attached hydrogens (primary N) is 1. The maximum Gasteiger partial charge on any atom is 0.264 e. The minimum Gasteiger partial charge on any atom is -0.382 e. The number of ether oxygens (including phenoxy) is 1. The molecule has 11 nitrogen and oxygen atoms in total. The highest BCUT2D eigenvalue weighted by Crippen LogP contribution is 2.52. The first-order valence-corrected chi connectivity index (χ1v) is 14.1. The maximum absolute atomic E-state index is 13.5. The molecule has 12 heteroatoms. The molecule has 194 valence electrons. The van der Waals surface area contributed by atoms with Gasteiger partial charge in [-0.25, -0.2) is 8.42 Å². The molecule has 0 unspecified atom stereocenters. The van der Waals surface area contributed by atoms with Crippen molar-refractivity contribution < 1.29 is 13.2 Å². The van der Waals surface area contributed by atoms with Gasteiger partial charge in [-0.2, -0.15) is 14.5 Å². The van der Waals surface area contributed by atoms with Crippen molar-refractivity contribution in [2.45, 2.75) is 56.4 Å². The molecule has 0 bridgehead atoms. The van der Waals surface area contributed by atoms with E-state index in [9.17, 15) is 13.2 Å². The van der Waals surface area contributed by atoms with E-state index in [4.69, 9.17) is 15.6 Å². The summed E-state index contributed by atoms with van der Waals surface area (Å²) in [5.74, 6) is 1.23. The fourth-order valence-corrected chi connectivity index (χ4v) is 7.08. The van der Waals surface area contributed by atoms with Crippen LogP contribution < -0.4 is 11.3 Å². The van der Waals surface area contributed by atoms with E-state index in [1.807, 2.05) is 23.9 Å². The SMILES string of the molecule is COC1(c2cc(-c3cn(C(C4CC4)C4CC4)c(=O)c4c(N)n[nH]c34)nn2C)CN(S(=O)(=O)C(C)C)C1. The Hall–Kier alpha value is -2.70. The van der Waals surface area contributed by atoms with E-state index in [2.05, 4.69) is 10.2 Å². The number of hydrogen-bond acceptors (Lipinski definition) is 7. The molecule has 2 aliphatic carbocycles. The number of nitrogens with zero attached hydrogens (tertiary/aromatic N) is 5. The predicted molar refractivity (Wildman–Crippen MR) is 136 cm³/mol. The quantitative estimate of drug-likeness (QED) is 0.467. The Morgan fingerprint density at radius 1 is 1.19 bits per heavy atom. The van der Waals surface area contributed by atoms with E-state index in [1.54, 1.807) is 25.6 Å². The van der Waals surface area contributed by atoms with E-state index in [0.717, 1.165) is 36.9 Å². The molecular weight excluding hydrogens is 482 g/mol. The molecule has 3 N–H and O–H groups in total. The van der Waals surface area contributed by atoms with Gasteiger partial charge in [-0.05, 0) is 57.4 Å². The van der Waals surface area contributed by atoms with Crippen molar-refractivity contribution in [2.75, 3.05) is 25.9 Å². The molecule has 0 amide bonds. The van der Waals surface area contributed by atoms with Gasteiger partial charge in [-0.3, -0.25) is 14.6 Å². The zero-order chi connectivity index (χ0) is 25.6. The molecule has 3 aromatic rings. The third-order valence-corrected chi connectivity index (χ3v) is 10.3. The third kappa shape index (κ3) is 3.45. The largest absolute Gasteiger partial charge is 0.382 e. The van der Waals surface area contributed by atoms with Crippen molar-refractivity contribution in [3.63, 3.8) is 0 Å². The van der Waals surface area contributed by atoms with Crippen molar-refractivity contribution >= 4 is 26.7 Å². The molecule has 4 heterocycles. The molecule has 3 aliphatic rings. The van der Waals surface area contributed by atoms with Crippen molar-refractivity contribution in [3.8, 4) is 11.3 Å². The smallest absolute Gasteiger partial charge is 0.264 e. The number of aryl methyl sites for hydroxylation is 1. The average Bonchev–Trinajstić information content (AvgIpc) is 3.73. The van der Waals surface area contributed by atoms with Crippen molar-refractivity contribution in [2.24, 2.45) is 18.9 Å². The number of fused-ring (bicyclic) bond motifs is 1. The average molecular weight is 516 g/mol. The van der Waals surface area contributed by atoms with Crippen LogP contribution in [0.1, 0.15) is 51.3 Å². The fraction of sp³-hybridized carbons (Fsp3) is 0.625. The molecular formula is C24H33N7O4S. The number of sulfonamides is 1. The lowest BCUT2D eigenvalue weighted by molar-refractivity contribution is -0.103. The molecule has 2 saturated carbocycles. The molecule has 1 saturated heterocycles. The summed E-state index contributed by atoms with van der Waals surface area (Å²) in [6.07, 6.45) is 6.47. The predicted octanol–water partition coefficient (Wildman–Crippen LogP) is 1.96. The lowest BCUT2D eigenvalue weighted by Crippen LogP contribution is -2.63. The van der Waals surface area contributed by atoms with Gasteiger partial charge in [0.15, 0.2) is 5.82 Å². The van der Waals surface area contributed by atoms with Gasteiger partial charge in [0.1, 0.15) is 11.0 Å². The number of anilines is 1. The monoisotopic (exact) mass is 515 g/mol. The van der Waals surface area contributed by atoms with Crippen LogP contribution in [-0.4, -0.2) is 62.7 Å². The summed E-state index contributed by atoms with van der Waals surface area (Å²) in [6.45, 7) is 3.80. The van der Waals surface area contributed by atoms with Gasteiger partial charge in [0, 0.05) is 45.0 Å². The van der Waals surface area contributed by atoms with Gasteiger partial charge in [0.25, 0.3) is 5.56 Å². The molecule has 3 fully saturated rings. The summed E-state index contributed by atoms with van der Waals surface area (Å²) >= 11 is 0. The Morgan fingerprint density at radius 2 is 1.83 bits per heavy atom. The number of H-pyrrole nitrogens is 1. The Balaban J connectivity index is 1.44. The number of aromatic nitrogens is 5. The zero-order valence-electron chi connectivity index (χ0n) is 21.1. The van der Waals surface area contributed by atoms with Gasteiger partial charge < -0.3 is 15.0 Å². The Bertz CT molecular complexity index is 1490. The lowest BCUT2D eigenvalue weighted by Gasteiger charge is -2.48. The van der Waals surface area contributed by atoms with E-state index in [0.29, 0.717) is 28.4 Å².